The molecule has 1 heterocycles. The van der Waals surface area contributed by atoms with Gasteiger partial charge in [-0.05, 0) is 27.2 Å². The van der Waals surface area contributed by atoms with Crippen LogP contribution >= 0.6 is 0 Å². The third kappa shape index (κ3) is 2.69. The van der Waals surface area contributed by atoms with Gasteiger partial charge in [-0.15, -0.1) is 0 Å². The number of nitrogens with zero attached hydrogens (tertiary/aromatic N) is 1. The molecule has 0 aliphatic carbocycles. The molecule has 0 spiro atoms. The molecule has 3 atom stereocenters. The highest BCUT2D eigenvalue weighted by atomic mass is 16.5. The van der Waals surface area contributed by atoms with Gasteiger partial charge in [0.25, 0.3) is 0 Å². The average Bonchev–Trinajstić information content (AvgIpc) is 2.20. The Hall–Kier alpha value is -0.610. The van der Waals surface area contributed by atoms with Crippen molar-refractivity contribution in [1.29, 1.82) is 0 Å². The molecule has 1 rings (SSSR count). The monoisotopic (exact) mass is 214 g/mol. The molecule has 0 saturated carbocycles. The molecule has 3 unspecified atom stereocenters. The molecular formula is C11H22N2O2. The lowest BCUT2D eigenvalue weighted by molar-refractivity contribution is -0.148. The van der Waals surface area contributed by atoms with Crippen LogP contribution in [0.4, 0.5) is 0 Å². The zero-order valence-corrected chi connectivity index (χ0v) is 10.1. The van der Waals surface area contributed by atoms with Crippen molar-refractivity contribution in [3.8, 4) is 0 Å². The first kappa shape index (κ1) is 12.5. The van der Waals surface area contributed by atoms with Crippen LogP contribution in [0.5, 0.6) is 0 Å². The van der Waals surface area contributed by atoms with E-state index in [9.17, 15) is 4.79 Å². The van der Waals surface area contributed by atoms with Gasteiger partial charge < -0.3 is 15.4 Å². The fourth-order valence-corrected chi connectivity index (χ4v) is 1.67. The Morgan fingerprint density at radius 3 is 2.73 bits per heavy atom. The number of nitrogens with two attached hydrogens (primary N) is 1. The lowest BCUT2D eigenvalue weighted by Crippen LogP contribution is -2.59. The summed E-state index contributed by atoms with van der Waals surface area (Å²) in [6, 6.07) is 0.128. The standard InChI is InChI=1S/C11H22N2O2/c1-5-11(4,12)10(14)13-6-9(3)15-7-8(13)2/h8-9H,5-7,12H2,1-4H3. The number of ether oxygens (including phenoxy) is 1. The van der Waals surface area contributed by atoms with E-state index in [-0.39, 0.29) is 18.1 Å². The van der Waals surface area contributed by atoms with Gasteiger partial charge in [-0.25, -0.2) is 0 Å². The van der Waals surface area contributed by atoms with Crippen LogP contribution in [0.2, 0.25) is 0 Å². The number of carbonyl (C=O) groups excluding carboxylic acids is 1. The maximum absolute atomic E-state index is 12.2. The number of morpholine rings is 1. The van der Waals surface area contributed by atoms with Crippen molar-refractivity contribution in [3.63, 3.8) is 0 Å². The van der Waals surface area contributed by atoms with Gasteiger partial charge in [-0.1, -0.05) is 6.92 Å². The molecule has 1 aliphatic rings. The molecule has 1 saturated heterocycles. The first-order chi connectivity index (χ1) is 6.88. The van der Waals surface area contributed by atoms with Crippen LogP contribution < -0.4 is 5.73 Å². The molecule has 1 amide bonds. The van der Waals surface area contributed by atoms with Crippen molar-refractivity contribution in [2.24, 2.45) is 5.73 Å². The van der Waals surface area contributed by atoms with Crippen LogP contribution in [-0.4, -0.2) is 41.6 Å². The van der Waals surface area contributed by atoms with Gasteiger partial charge in [0.1, 0.15) is 0 Å². The minimum Gasteiger partial charge on any atom is -0.375 e. The van der Waals surface area contributed by atoms with E-state index >= 15 is 0 Å². The summed E-state index contributed by atoms with van der Waals surface area (Å²) in [5.74, 6) is 0.0349. The van der Waals surface area contributed by atoms with E-state index < -0.39 is 5.54 Å². The van der Waals surface area contributed by atoms with Gasteiger partial charge in [0.2, 0.25) is 5.91 Å². The molecule has 0 bridgehead atoms. The zero-order valence-electron chi connectivity index (χ0n) is 10.1. The second kappa shape index (κ2) is 4.49. The topological polar surface area (TPSA) is 55.6 Å². The summed E-state index contributed by atoms with van der Waals surface area (Å²) in [5.41, 5.74) is 5.22. The lowest BCUT2D eigenvalue weighted by atomic mass is 9.97. The molecule has 4 heteroatoms. The molecule has 88 valence electrons. The Morgan fingerprint density at radius 1 is 1.60 bits per heavy atom. The molecule has 15 heavy (non-hydrogen) atoms. The summed E-state index contributed by atoms with van der Waals surface area (Å²) in [5, 5.41) is 0. The number of amides is 1. The van der Waals surface area contributed by atoms with E-state index in [2.05, 4.69) is 0 Å². The van der Waals surface area contributed by atoms with Crippen molar-refractivity contribution in [3.05, 3.63) is 0 Å². The third-order valence-electron chi connectivity index (χ3n) is 3.09. The van der Waals surface area contributed by atoms with Crippen LogP contribution in [0.1, 0.15) is 34.1 Å². The SMILES string of the molecule is CCC(C)(N)C(=O)N1CC(C)OCC1C. The highest BCUT2D eigenvalue weighted by Crippen LogP contribution is 2.17. The Labute approximate surface area is 91.8 Å². The van der Waals surface area contributed by atoms with Crippen LogP contribution in [0, 0.1) is 0 Å². The Balaban J connectivity index is 2.73. The van der Waals surface area contributed by atoms with Crippen molar-refractivity contribution in [2.45, 2.75) is 51.8 Å². The minimum absolute atomic E-state index is 0.0349. The van der Waals surface area contributed by atoms with E-state index in [0.29, 0.717) is 19.6 Å². The summed E-state index contributed by atoms with van der Waals surface area (Å²) in [4.78, 5) is 14.0. The Bertz CT molecular complexity index is 241. The van der Waals surface area contributed by atoms with E-state index in [4.69, 9.17) is 10.5 Å². The molecule has 1 aliphatic heterocycles. The predicted molar refractivity (Wildman–Crippen MR) is 59.5 cm³/mol. The molecule has 4 nitrogen and oxygen atoms in total. The van der Waals surface area contributed by atoms with Crippen LogP contribution in [-0.2, 0) is 9.53 Å². The molecule has 2 N–H and O–H groups in total. The maximum Gasteiger partial charge on any atom is 0.242 e. The van der Waals surface area contributed by atoms with Crippen LogP contribution in [0.15, 0.2) is 0 Å². The first-order valence-electron chi connectivity index (χ1n) is 5.60. The van der Waals surface area contributed by atoms with Gasteiger partial charge in [0, 0.05) is 6.54 Å². The van der Waals surface area contributed by atoms with E-state index in [1.54, 1.807) is 6.92 Å². The molecule has 0 aromatic heterocycles. The second-order valence-electron chi connectivity index (χ2n) is 4.72. The molecule has 0 aromatic carbocycles. The first-order valence-corrected chi connectivity index (χ1v) is 5.60. The molecule has 0 aromatic rings. The fraction of sp³-hybridized carbons (Fsp3) is 0.909. The highest BCUT2D eigenvalue weighted by molar-refractivity contribution is 5.86. The smallest absolute Gasteiger partial charge is 0.242 e. The van der Waals surface area contributed by atoms with Crippen molar-refractivity contribution < 1.29 is 9.53 Å². The lowest BCUT2D eigenvalue weighted by Gasteiger charge is -2.40. The summed E-state index contributed by atoms with van der Waals surface area (Å²) >= 11 is 0. The largest absolute Gasteiger partial charge is 0.375 e. The number of rotatable bonds is 2. The quantitative estimate of drug-likeness (QED) is 0.738. The van der Waals surface area contributed by atoms with Crippen LogP contribution in [0.3, 0.4) is 0 Å². The molecular weight excluding hydrogens is 192 g/mol. The third-order valence-corrected chi connectivity index (χ3v) is 3.09. The van der Waals surface area contributed by atoms with E-state index in [1.165, 1.54) is 0 Å². The Morgan fingerprint density at radius 2 is 2.20 bits per heavy atom. The molecule has 0 radical (unpaired) electrons. The normalized spacial score (nSPS) is 31.1. The van der Waals surface area contributed by atoms with Crippen molar-refractivity contribution in [1.82, 2.24) is 4.90 Å². The van der Waals surface area contributed by atoms with Gasteiger partial charge in [-0.3, -0.25) is 4.79 Å². The van der Waals surface area contributed by atoms with E-state index in [1.807, 2.05) is 25.7 Å². The number of carbonyl (C=O) groups is 1. The second-order valence-corrected chi connectivity index (χ2v) is 4.72. The molecule has 1 fully saturated rings. The predicted octanol–water partition coefficient (Wildman–Crippen LogP) is 0.750. The van der Waals surface area contributed by atoms with Crippen molar-refractivity contribution >= 4 is 5.91 Å². The van der Waals surface area contributed by atoms with Gasteiger partial charge >= 0.3 is 0 Å². The van der Waals surface area contributed by atoms with Gasteiger partial charge in [-0.2, -0.15) is 0 Å². The average molecular weight is 214 g/mol. The minimum atomic E-state index is -0.745. The summed E-state index contributed by atoms with van der Waals surface area (Å²) < 4.78 is 5.48. The maximum atomic E-state index is 12.2. The van der Waals surface area contributed by atoms with Gasteiger partial charge in [0.15, 0.2) is 0 Å². The van der Waals surface area contributed by atoms with Crippen LogP contribution in [0.25, 0.3) is 0 Å². The number of hydrogen-bond donors (Lipinski definition) is 1. The number of hydrogen-bond acceptors (Lipinski definition) is 3. The summed E-state index contributed by atoms with van der Waals surface area (Å²) in [6.07, 6.45) is 0.766. The zero-order chi connectivity index (χ0) is 11.6. The van der Waals surface area contributed by atoms with Crippen molar-refractivity contribution in [2.75, 3.05) is 13.2 Å². The van der Waals surface area contributed by atoms with Gasteiger partial charge in [0.05, 0.1) is 24.3 Å². The fourth-order valence-electron chi connectivity index (χ4n) is 1.67. The Kier molecular flexibility index (Phi) is 3.73. The summed E-state index contributed by atoms with van der Waals surface area (Å²) in [6.45, 7) is 8.95. The highest BCUT2D eigenvalue weighted by Gasteiger charge is 2.36. The van der Waals surface area contributed by atoms with E-state index in [0.717, 1.165) is 0 Å². The summed E-state index contributed by atoms with van der Waals surface area (Å²) in [7, 11) is 0.